The fourth-order valence-corrected chi connectivity index (χ4v) is 6.21. The van der Waals surface area contributed by atoms with Gasteiger partial charge in [0.25, 0.3) is 11.8 Å². The van der Waals surface area contributed by atoms with E-state index in [1.807, 2.05) is 0 Å². The molecule has 13 heteroatoms. The summed E-state index contributed by atoms with van der Waals surface area (Å²) in [5.74, 6) is -2.30. The zero-order chi connectivity index (χ0) is 22.3. The molecule has 0 aliphatic carbocycles. The molecule has 3 aliphatic heterocycles. The number of likely N-dealkylation sites (tertiary alicyclic amines) is 1. The van der Waals surface area contributed by atoms with Crippen molar-refractivity contribution in [3.05, 3.63) is 22.3 Å². The van der Waals surface area contributed by atoms with Crippen LogP contribution in [0.1, 0.15) is 18.5 Å². The number of aliphatic carboxylic acids is 1. The number of nitrogen functional groups attached to an aromatic ring is 1. The highest BCUT2D eigenvalue weighted by Crippen LogP contribution is 2.41. The van der Waals surface area contributed by atoms with Crippen molar-refractivity contribution in [2.75, 3.05) is 38.2 Å². The van der Waals surface area contributed by atoms with Crippen molar-refractivity contribution < 1.29 is 29.2 Å². The predicted molar refractivity (Wildman–Crippen MR) is 112 cm³/mol. The minimum Gasteiger partial charge on any atom is -0.543 e. The third-order valence-corrected chi connectivity index (χ3v) is 7.84. The molecule has 2 saturated heterocycles. The first-order valence-corrected chi connectivity index (χ1v) is 11.6. The molecule has 4 N–H and O–H groups in total. The van der Waals surface area contributed by atoms with Crippen molar-refractivity contribution in [1.29, 1.82) is 0 Å². The van der Waals surface area contributed by atoms with E-state index in [-0.39, 0.29) is 22.2 Å². The first-order chi connectivity index (χ1) is 14.7. The molecule has 0 spiro atoms. The fraction of sp³-hybridized carbons (Fsp3) is 0.500. The van der Waals surface area contributed by atoms with Gasteiger partial charge >= 0.3 is 0 Å². The zero-order valence-electron chi connectivity index (χ0n) is 16.7. The SMILES string of the molecule is C[N+]1(CC2=C(C(=O)[O-])N3C(=O)C(NC(=O)C(=NO)c4csc(N)n4)[C@H]3SC2)CCCC1. The lowest BCUT2D eigenvalue weighted by Crippen LogP contribution is -2.71. The Kier molecular flexibility index (Phi) is 5.66. The number of carbonyl (C=O) groups excluding carboxylic acids is 3. The number of oxime groups is 1. The van der Waals surface area contributed by atoms with Gasteiger partial charge in [-0.25, -0.2) is 4.98 Å². The number of thioether (sulfide) groups is 1. The van der Waals surface area contributed by atoms with Gasteiger partial charge in [0.05, 0.1) is 31.8 Å². The van der Waals surface area contributed by atoms with E-state index in [1.54, 1.807) is 0 Å². The number of amides is 2. The number of anilines is 1. The Morgan fingerprint density at radius 1 is 1.45 bits per heavy atom. The van der Waals surface area contributed by atoms with Crippen molar-refractivity contribution in [3.8, 4) is 0 Å². The molecule has 1 aromatic rings. The highest BCUT2D eigenvalue weighted by molar-refractivity contribution is 8.00. The summed E-state index contributed by atoms with van der Waals surface area (Å²) >= 11 is 2.47. The molecule has 3 aliphatic rings. The zero-order valence-corrected chi connectivity index (χ0v) is 18.4. The van der Waals surface area contributed by atoms with Gasteiger partial charge < -0.3 is 30.6 Å². The summed E-state index contributed by atoms with van der Waals surface area (Å²) in [6, 6.07) is -0.947. The van der Waals surface area contributed by atoms with Gasteiger partial charge in [-0.3, -0.25) is 14.5 Å². The second-order valence-corrected chi connectivity index (χ2v) is 10.0. The Labute approximate surface area is 186 Å². The summed E-state index contributed by atoms with van der Waals surface area (Å²) in [5.41, 5.74) is 5.85. The molecule has 31 heavy (non-hydrogen) atoms. The molecule has 4 rings (SSSR count). The van der Waals surface area contributed by atoms with Crippen molar-refractivity contribution in [1.82, 2.24) is 15.2 Å². The third kappa shape index (κ3) is 3.88. The number of quaternary nitrogens is 1. The standard InChI is InChI=1S/C18H22N6O5S2/c1-24(4-2-3-5-24)6-9-7-30-16-12(15(26)23(16)13(9)17(27)28)21-14(25)11(22-29)10-8-31-18(19)20-10/h8,12,16H,2-7H2,1H3,(H4-,19,20,21,25,27,28,29)/t12?,16-/m1/s1. The number of carboxylic acids is 1. The molecule has 0 bridgehead atoms. The van der Waals surface area contributed by atoms with Crippen LogP contribution in [0.25, 0.3) is 0 Å². The number of hydrogen-bond donors (Lipinski definition) is 3. The van der Waals surface area contributed by atoms with E-state index in [4.69, 9.17) is 5.73 Å². The van der Waals surface area contributed by atoms with Gasteiger partial charge in [-0.05, 0) is 0 Å². The smallest absolute Gasteiger partial charge is 0.276 e. The molecule has 11 nitrogen and oxygen atoms in total. The number of likely N-dealkylation sites (N-methyl/N-ethyl adjacent to an activating group) is 1. The third-order valence-electron chi connectivity index (χ3n) is 5.83. The van der Waals surface area contributed by atoms with Gasteiger partial charge in [-0.15, -0.1) is 23.1 Å². The monoisotopic (exact) mass is 466 g/mol. The highest BCUT2D eigenvalue weighted by atomic mass is 32.2. The van der Waals surface area contributed by atoms with E-state index in [2.05, 4.69) is 22.5 Å². The number of fused-ring (bicyclic) bond motifs is 1. The highest BCUT2D eigenvalue weighted by Gasteiger charge is 2.53. The largest absolute Gasteiger partial charge is 0.543 e. The summed E-state index contributed by atoms with van der Waals surface area (Å²) in [6.45, 7) is 2.49. The number of rotatable bonds is 6. The summed E-state index contributed by atoms with van der Waals surface area (Å²) in [6.07, 6.45) is 2.19. The number of thiazole rings is 1. The van der Waals surface area contributed by atoms with Crippen molar-refractivity contribution in [2.45, 2.75) is 24.3 Å². The number of nitrogens with zero attached hydrogens (tertiary/aromatic N) is 4. The van der Waals surface area contributed by atoms with E-state index in [0.717, 1.165) is 41.8 Å². The summed E-state index contributed by atoms with van der Waals surface area (Å²) < 4.78 is 0.743. The van der Waals surface area contributed by atoms with Gasteiger partial charge in [-0.1, -0.05) is 5.16 Å². The van der Waals surface area contributed by atoms with Crippen molar-refractivity contribution >= 4 is 51.7 Å². The van der Waals surface area contributed by atoms with Crippen LogP contribution in [-0.2, 0) is 14.4 Å². The molecule has 0 aromatic carbocycles. The summed E-state index contributed by atoms with van der Waals surface area (Å²) in [5, 5.41) is 27.7. The second kappa shape index (κ2) is 8.13. The van der Waals surface area contributed by atoms with Gasteiger partial charge in [0.2, 0.25) is 0 Å². The van der Waals surface area contributed by atoms with Crippen LogP contribution in [0.15, 0.2) is 21.8 Å². The number of carboxylic acid groups (broad SMARTS) is 1. The van der Waals surface area contributed by atoms with Crippen LogP contribution in [0.2, 0.25) is 0 Å². The Morgan fingerprint density at radius 3 is 2.74 bits per heavy atom. The van der Waals surface area contributed by atoms with Crippen LogP contribution in [0.4, 0.5) is 5.13 Å². The molecule has 2 amide bonds. The lowest BCUT2D eigenvalue weighted by atomic mass is 10.0. The maximum absolute atomic E-state index is 12.8. The molecule has 1 unspecified atom stereocenters. The van der Waals surface area contributed by atoms with Crippen LogP contribution >= 0.6 is 23.1 Å². The molecule has 2 atom stereocenters. The van der Waals surface area contributed by atoms with Crippen molar-refractivity contribution in [3.63, 3.8) is 0 Å². The average Bonchev–Trinajstić information content (AvgIpc) is 3.34. The van der Waals surface area contributed by atoms with Crippen LogP contribution in [0.5, 0.6) is 0 Å². The Morgan fingerprint density at radius 2 is 2.16 bits per heavy atom. The minimum atomic E-state index is -1.39. The topological polar surface area (TPSA) is 161 Å². The lowest BCUT2D eigenvalue weighted by Gasteiger charge is -2.51. The summed E-state index contributed by atoms with van der Waals surface area (Å²) in [4.78, 5) is 42.4. The van der Waals surface area contributed by atoms with Crippen LogP contribution in [0.3, 0.4) is 0 Å². The Balaban J connectivity index is 1.51. The first kappa shape index (κ1) is 21.6. The Bertz CT molecular complexity index is 999. The maximum Gasteiger partial charge on any atom is 0.276 e. The van der Waals surface area contributed by atoms with E-state index < -0.39 is 29.2 Å². The molecule has 2 fully saturated rings. The Hall–Kier alpha value is -2.64. The van der Waals surface area contributed by atoms with Gasteiger partial charge in [0, 0.05) is 29.5 Å². The molecular formula is C18H22N6O5S2. The number of nitrogens with two attached hydrogens (primary N) is 1. The predicted octanol–water partition coefficient (Wildman–Crippen LogP) is -1.45. The lowest BCUT2D eigenvalue weighted by molar-refractivity contribution is -0.893. The maximum atomic E-state index is 12.8. The normalized spacial score (nSPS) is 25.3. The van der Waals surface area contributed by atoms with Crippen LogP contribution < -0.4 is 16.2 Å². The molecule has 0 saturated carbocycles. The van der Waals surface area contributed by atoms with Gasteiger partial charge in [0.1, 0.15) is 23.7 Å². The number of carbonyl (C=O) groups is 3. The molecule has 0 radical (unpaired) electrons. The number of β-lactam (4-membered cyclic amide) rings is 1. The molecule has 4 heterocycles. The van der Waals surface area contributed by atoms with Crippen LogP contribution in [-0.4, -0.2) is 86.9 Å². The van der Waals surface area contributed by atoms with Gasteiger partial charge in [-0.2, -0.15) is 0 Å². The van der Waals surface area contributed by atoms with Crippen LogP contribution in [0, 0.1) is 0 Å². The van der Waals surface area contributed by atoms with E-state index >= 15 is 0 Å². The van der Waals surface area contributed by atoms with E-state index in [1.165, 1.54) is 22.0 Å². The molecule has 166 valence electrons. The first-order valence-electron chi connectivity index (χ1n) is 9.70. The number of nitrogens with one attached hydrogen (secondary N) is 1. The number of aromatic nitrogens is 1. The van der Waals surface area contributed by atoms with Crippen molar-refractivity contribution in [2.24, 2.45) is 5.16 Å². The average molecular weight is 467 g/mol. The fourth-order valence-electron chi connectivity index (χ4n) is 4.33. The van der Waals surface area contributed by atoms with E-state index in [9.17, 15) is 24.7 Å². The second-order valence-electron chi connectivity index (χ2n) is 8.05. The number of hydrogen-bond acceptors (Lipinski definition) is 10. The van der Waals surface area contributed by atoms with Gasteiger partial charge in [0.15, 0.2) is 10.8 Å². The minimum absolute atomic E-state index is 0.0857. The van der Waals surface area contributed by atoms with E-state index in [0.29, 0.717) is 17.9 Å². The summed E-state index contributed by atoms with van der Waals surface area (Å²) in [7, 11) is 2.09. The molecular weight excluding hydrogens is 444 g/mol. The quantitative estimate of drug-likeness (QED) is 0.151. The molecule has 1 aromatic heterocycles.